The number of nitrogens with zero attached hydrogens (tertiary/aromatic N) is 1. The van der Waals surface area contributed by atoms with Gasteiger partial charge in [-0.1, -0.05) is 0 Å². The van der Waals surface area contributed by atoms with Crippen molar-refractivity contribution in [3.63, 3.8) is 0 Å². The van der Waals surface area contributed by atoms with Crippen molar-refractivity contribution in [1.29, 1.82) is 0 Å². The van der Waals surface area contributed by atoms with Crippen molar-refractivity contribution in [1.82, 2.24) is 0 Å². The Bertz CT molecular complexity index is 600. The molecule has 0 radical (unpaired) electrons. The Morgan fingerprint density at radius 1 is 1.10 bits per heavy atom. The molecule has 0 bridgehead atoms. The van der Waals surface area contributed by atoms with Crippen LogP contribution >= 0.6 is 0 Å². The van der Waals surface area contributed by atoms with Crippen LogP contribution in [0, 0.1) is 15.5 Å². The van der Waals surface area contributed by atoms with Gasteiger partial charge in [-0.2, -0.15) is 0 Å². The standard InChI is InChI=1S/C13H11NO6/c1-19-11(15)13(12(16)20-2)7-10(13)8-3-5-9(6-4-8)14(17)18/h3-7H,1-2H3. The molecule has 0 atom stereocenters. The van der Waals surface area contributed by atoms with Crippen LogP contribution in [0.4, 0.5) is 5.69 Å². The number of rotatable bonds is 4. The van der Waals surface area contributed by atoms with Crippen LogP contribution in [-0.4, -0.2) is 31.1 Å². The first kappa shape index (κ1) is 13.7. The summed E-state index contributed by atoms with van der Waals surface area (Å²) >= 11 is 0. The second-order valence-corrected chi connectivity index (χ2v) is 4.15. The largest absolute Gasteiger partial charge is 0.468 e. The first-order valence-corrected chi connectivity index (χ1v) is 5.62. The zero-order valence-electron chi connectivity index (χ0n) is 10.8. The van der Waals surface area contributed by atoms with Gasteiger partial charge in [-0.15, -0.1) is 0 Å². The fraction of sp³-hybridized carbons (Fsp3) is 0.231. The molecule has 0 heterocycles. The van der Waals surface area contributed by atoms with Crippen molar-refractivity contribution in [3.8, 4) is 0 Å². The Morgan fingerprint density at radius 2 is 1.60 bits per heavy atom. The summed E-state index contributed by atoms with van der Waals surface area (Å²) in [4.78, 5) is 33.6. The average Bonchev–Trinajstić information content (AvgIpc) is 3.22. The zero-order chi connectivity index (χ0) is 14.9. The Labute approximate surface area is 113 Å². The molecule has 1 aliphatic carbocycles. The molecule has 1 aromatic carbocycles. The Kier molecular flexibility index (Phi) is 3.27. The third-order valence-electron chi connectivity index (χ3n) is 3.11. The molecule has 104 valence electrons. The molecule has 0 aromatic heterocycles. The highest BCUT2D eigenvalue weighted by Crippen LogP contribution is 2.52. The molecule has 0 saturated carbocycles. The highest BCUT2D eigenvalue weighted by molar-refractivity contribution is 6.22. The van der Waals surface area contributed by atoms with Gasteiger partial charge in [-0.25, -0.2) is 0 Å². The van der Waals surface area contributed by atoms with Gasteiger partial charge in [0, 0.05) is 12.1 Å². The summed E-state index contributed by atoms with van der Waals surface area (Å²) in [6, 6.07) is 5.54. The van der Waals surface area contributed by atoms with Gasteiger partial charge >= 0.3 is 11.9 Å². The van der Waals surface area contributed by atoms with E-state index in [1.54, 1.807) is 0 Å². The van der Waals surface area contributed by atoms with Crippen LogP contribution in [0.5, 0.6) is 0 Å². The maximum absolute atomic E-state index is 11.8. The SMILES string of the molecule is COC(=O)C1(C(=O)OC)C=C1c1ccc([N+](=O)[O-])cc1. The van der Waals surface area contributed by atoms with E-state index in [2.05, 4.69) is 9.47 Å². The summed E-state index contributed by atoms with van der Waals surface area (Å²) < 4.78 is 9.23. The minimum Gasteiger partial charge on any atom is -0.468 e. The lowest BCUT2D eigenvalue weighted by atomic mass is 9.96. The van der Waals surface area contributed by atoms with Crippen LogP contribution in [0.2, 0.25) is 0 Å². The van der Waals surface area contributed by atoms with Crippen LogP contribution in [-0.2, 0) is 19.1 Å². The van der Waals surface area contributed by atoms with Gasteiger partial charge in [-0.3, -0.25) is 19.7 Å². The Hall–Kier alpha value is -2.70. The van der Waals surface area contributed by atoms with Gasteiger partial charge in [0.25, 0.3) is 5.69 Å². The molecule has 20 heavy (non-hydrogen) atoms. The third kappa shape index (κ3) is 1.93. The van der Waals surface area contributed by atoms with E-state index in [-0.39, 0.29) is 5.69 Å². The molecular formula is C13H11NO6. The van der Waals surface area contributed by atoms with Gasteiger partial charge in [-0.05, 0) is 29.3 Å². The maximum atomic E-state index is 11.8. The second-order valence-electron chi connectivity index (χ2n) is 4.15. The molecule has 7 heteroatoms. The van der Waals surface area contributed by atoms with E-state index in [0.29, 0.717) is 11.1 Å². The molecule has 1 aromatic rings. The number of carbonyl (C=O) groups is 2. The Balaban J connectivity index is 2.31. The van der Waals surface area contributed by atoms with Crippen molar-refractivity contribution in [3.05, 3.63) is 46.0 Å². The van der Waals surface area contributed by atoms with Gasteiger partial charge in [0.15, 0.2) is 0 Å². The van der Waals surface area contributed by atoms with E-state index in [1.807, 2.05) is 0 Å². The van der Waals surface area contributed by atoms with Gasteiger partial charge in [0.2, 0.25) is 5.41 Å². The minimum atomic E-state index is -1.53. The van der Waals surface area contributed by atoms with E-state index in [4.69, 9.17) is 0 Å². The van der Waals surface area contributed by atoms with E-state index in [1.165, 1.54) is 44.6 Å². The second kappa shape index (κ2) is 4.76. The smallest absolute Gasteiger partial charge is 0.331 e. The number of esters is 2. The summed E-state index contributed by atoms with van der Waals surface area (Å²) in [6.07, 6.45) is 1.42. The first-order chi connectivity index (χ1) is 9.47. The third-order valence-corrected chi connectivity index (χ3v) is 3.11. The topological polar surface area (TPSA) is 95.7 Å². The number of carbonyl (C=O) groups excluding carboxylic acids is 2. The van der Waals surface area contributed by atoms with Crippen molar-refractivity contribution in [2.75, 3.05) is 14.2 Å². The predicted octanol–water partition coefficient (Wildman–Crippen LogP) is 1.32. The summed E-state index contributed by atoms with van der Waals surface area (Å²) in [5, 5.41) is 10.6. The quantitative estimate of drug-likeness (QED) is 0.356. The normalized spacial score (nSPS) is 15.0. The fourth-order valence-corrected chi connectivity index (χ4v) is 2.00. The molecule has 0 fully saturated rings. The van der Waals surface area contributed by atoms with E-state index in [9.17, 15) is 19.7 Å². The molecule has 7 nitrogen and oxygen atoms in total. The first-order valence-electron chi connectivity index (χ1n) is 5.62. The lowest BCUT2D eigenvalue weighted by Gasteiger charge is -2.13. The lowest BCUT2D eigenvalue weighted by molar-refractivity contribution is -0.384. The lowest BCUT2D eigenvalue weighted by Crippen LogP contribution is -2.31. The number of benzene rings is 1. The number of nitro benzene ring substituents is 1. The highest BCUT2D eigenvalue weighted by atomic mass is 16.6. The monoisotopic (exact) mass is 277 g/mol. The fourth-order valence-electron chi connectivity index (χ4n) is 2.00. The molecule has 0 spiro atoms. The molecule has 0 amide bonds. The maximum Gasteiger partial charge on any atom is 0.331 e. The van der Waals surface area contributed by atoms with E-state index in [0.717, 1.165) is 0 Å². The van der Waals surface area contributed by atoms with Crippen molar-refractivity contribution in [2.45, 2.75) is 0 Å². The number of ether oxygens (including phenoxy) is 2. The summed E-state index contributed by atoms with van der Waals surface area (Å²) in [5.41, 5.74) is -0.645. The number of nitro groups is 1. The van der Waals surface area contributed by atoms with E-state index >= 15 is 0 Å². The van der Waals surface area contributed by atoms with Gasteiger partial charge in [0.1, 0.15) is 0 Å². The number of hydrogen-bond donors (Lipinski definition) is 0. The van der Waals surface area contributed by atoms with Crippen LogP contribution in [0.1, 0.15) is 5.56 Å². The summed E-state index contributed by atoms with van der Waals surface area (Å²) in [6.45, 7) is 0. The molecule has 0 N–H and O–H groups in total. The van der Waals surface area contributed by atoms with Crippen molar-refractivity contribution >= 4 is 23.2 Å². The summed E-state index contributed by atoms with van der Waals surface area (Å²) in [7, 11) is 2.35. The number of hydrogen-bond acceptors (Lipinski definition) is 6. The molecule has 1 aliphatic rings. The van der Waals surface area contributed by atoms with Crippen LogP contribution in [0.3, 0.4) is 0 Å². The molecule has 0 saturated heterocycles. The highest BCUT2D eigenvalue weighted by Gasteiger charge is 2.60. The van der Waals surface area contributed by atoms with E-state index < -0.39 is 22.3 Å². The summed E-state index contributed by atoms with van der Waals surface area (Å²) in [5.74, 6) is -1.48. The van der Waals surface area contributed by atoms with Crippen LogP contribution < -0.4 is 0 Å². The molecule has 0 aliphatic heterocycles. The van der Waals surface area contributed by atoms with Crippen LogP contribution in [0.15, 0.2) is 30.3 Å². The number of non-ortho nitro benzene ring substituents is 1. The minimum absolute atomic E-state index is 0.0725. The Morgan fingerprint density at radius 3 is 2.00 bits per heavy atom. The van der Waals surface area contributed by atoms with Crippen molar-refractivity contribution in [2.24, 2.45) is 5.41 Å². The van der Waals surface area contributed by atoms with Gasteiger partial charge < -0.3 is 9.47 Å². The molecule has 0 unspecified atom stereocenters. The van der Waals surface area contributed by atoms with Crippen molar-refractivity contribution < 1.29 is 24.0 Å². The molecule has 2 rings (SSSR count). The van der Waals surface area contributed by atoms with Gasteiger partial charge in [0.05, 0.1) is 19.1 Å². The predicted molar refractivity (Wildman–Crippen MR) is 67.5 cm³/mol. The number of methoxy groups -OCH3 is 2. The average molecular weight is 277 g/mol. The molecular weight excluding hydrogens is 266 g/mol. The van der Waals surface area contributed by atoms with Crippen LogP contribution in [0.25, 0.3) is 5.57 Å². The zero-order valence-corrected chi connectivity index (χ0v) is 10.8.